The van der Waals surface area contributed by atoms with E-state index in [1.165, 1.54) is 10.9 Å². The van der Waals surface area contributed by atoms with E-state index >= 15 is 0 Å². The summed E-state index contributed by atoms with van der Waals surface area (Å²) in [6, 6.07) is 18.4. The summed E-state index contributed by atoms with van der Waals surface area (Å²) in [5.74, 6) is 0.121. The molecule has 3 heterocycles. The molecule has 1 aromatic heterocycles. The number of benzene rings is 2. The number of hydrogen-bond donors (Lipinski definition) is 1. The molecule has 0 spiro atoms. The number of allylic oxidation sites excluding steroid dienone is 1. The molecule has 3 atom stereocenters. The highest BCUT2D eigenvalue weighted by atomic mass is 16.5. The summed E-state index contributed by atoms with van der Waals surface area (Å²) in [6.07, 6.45) is 8.56. The average molecular weight is 515 g/mol. The number of rotatable bonds is 7. The van der Waals surface area contributed by atoms with Gasteiger partial charge in [-0.3, -0.25) is 4.79 Å². The monoisotopic (exact) mass is 514 g/mol. The summed E-state index contributed by atoms with van der Waals surface area (Å²) in [5, 5.41) is 13.1. The van der Waals surface area contributed by atoms with E-state index < -0.39 is 5.72 Å². The number of para-hydroxylation sites is 1. The van der Waals surface area contributed by atoms with Crippen molar-refractivity contribution in [1.82, 2.24) is 9.47 Å². The Morgan fingerprint density at radius 3 is 2.61 bits per heavy atom. The topological polar surface area (TPSA) is 54.7 Å². The van der Waals surface area contributed by atoms with Crippen LogP contribution in [-0.4, -0.2) is 39.6 Å². The van der Waals surface area contributed by atoms with E-state index in [0.29, 0.717) is 12.8 Å². The number of hydrogen-bond acceptors (Lipinski definition) is 4. The van der Waals surface area contributed by atoms with Crippen LogP contribution in [0.5, 0.6) is 0 Å². The second kappa shape index (κ2) is 10.7. The molecule has 1 N–H and O–H groups in total. The number of ketones is 1. The van der Waals surface area contributed by atoms with Gasteiger partial charge in [-0.1, -0.05) is 55.5 Å². The van der Waals surface area contributed by atoms with Crippen LogP contribution in [0.2, 0.25) is 0 Å². The molecule has 2 aliphatic rings. The number of carbonyl (C=O) groups is 1. The van der Waals surface area contributed by atoms with Gasteiger partial charge in [0.2, 0.25) is 0 Å². The number of fused-ring (bicyclic) bond motifs is 4. The van der Waals surface area contributed by atoms with Gasteiger partial charge in [0.05, 0.1) is 17.3 Å². The first kappa shape index (κ1) is 26.7. The van der Waals surface area contributed by atoms with Crippen LogP contribution in [0.15, 0.2) is 66.9 Å². The molecule has 5 rings (SSSR count). The number of nitrogens with zero attached hydrogens (tertiary/aromatic N) is 2. The van der Waals surface area contributed by atoms with Gasteiger partial charge in [0.15, 0.2) is 5.78 Å². The van der Waals surface area contributed by atoms with E-state index in [1.54, 1.807) is 6.08 Å². The summed E-state index contributed by atoms with van der Waals surface area (Å²) < 4.78 is 8.94. The van der Waals surface area contributed by atoms with Gasteiger partial charge in [0.25, 0.3) is 0 Å². The SMILES string of the molecule is CCC12CCCN(/C=C/C(=O)Cc3ccccc3)CCc3c(n(c4ccccc34)C(C)(O)C1)C2OC(C)C. The quantitative estimate of drug-likeness (QED) is 0.364. The second-order valence-corrected chi connectivity index (χ2v) is 11.7. The van der Waals surface area contributed by atoms with Gasteiger partial charge in [-0.15, -0.1) is 0 Å². The molecular formula is C33H42N2O3. The Kier molecular flexibility index (Phi) is 7.52. The van der Waals surface area contributed by atoms with Gasteiger partial charge in [-0.25, -0.2) is 0 Å². The maximum Gasteiger partial charge on any atom is 0.161 e. The molecule has 5 nitrogen and oxygen atoms in total. The van der Waals surface area contributed by atoms with Crippen molar-refractivity contribution < 1.29 is 14.6 Å². The Balaban J connectivity index is 1.53. The lowest BCUT2D eigenvalue weighted by Gasteiger charge is -2.51. The van der Waals surface area contributed by atoms with Gasteiger partial charge < -0.3 is 19.3 Å². The van der Waals surface area contributed by atoms with Crippen LogP contribution in [0.1, 0.15) is 76.3 Å². The first-order chi connectivity index (χ1) is 18.2. The number of ether oxygens (including phenoxy) is 1. The van der Waals surface area contributed by atoms with E-state index in [0.717, 1.165) is 55.5 Å². The standard InChI is InChI=1S/C33H42N2O3/c1-5-33-18-11-19-34(20-16-26(36)22-25-12-7-6-8-13-25)21-17-28-27-14-9-10-15-29(27)35(32(4,37)23-33)30(28)31(33)38-24(2)3/h6-10,12-16,20,24,31,37H,5,11,17-19,21-23H2,1-4H3/b20-16+. The Morgan fingerprint density at radius 1 is 1.13 bits per heavy atom. The van der Waals surface area contributed by atoms with Crippen LogP contribution in [-0.2, 0) is 28.1 Å². The lowest BCUT2D eigenvalue weighted by Crippen LogP contribution is -2.49. The van der Waals surface area contributed by atoms with Crippen molar-refractivity contribution in [2.24, 2.45) is 5.41 Å². The Labute approximate surface area is 227 Å². The molecule has 2 aromatic carbocycles. The molecule has 0 fully saturated rings. The predicted octanol–water partition coefficient (Wildman–Crippen LogP) is 6.54. The van der Waals surface area contributed by atoms with Crippen LogP contribution in [0.3, 0.4) is 0 Å². The largest absolute Gasteiger partial charge is 0.377 e. The fourth-order valence-corrected chi connectivity index (χ4v) is 6.90. The van der Waals surface area contributed by atoms with Crippen LogP contribution < -0.4 is 0 Å². The molecule has 5 heteroatoms. The summed E-state index contributed by atoms with van der Waals surface area (Å²) >= 11 is 0. The molecule has 3 unspecified atom stereocenters. The summed E-state index contributed by atoms with van der Waals surface area (Å²) in [4.78, 5) is 15.0. The third-order valence-electron chi connectivity index (χ3n) is 8.57. The van der Waals surface area contributed by atoms with Crippen molar-refractivity contribution in [3.63, 3.8) is 0 Å². The van der Waals surface area contributed by atoms with E-state index in [4.69, 9.17) is 4.74 Å². The minimum Gasteiger partial charge on any atom is -0.377 e. The molecule has 2 bridgehead atoms. The van der Waals surface area contributed by atoms with Crippen molar-refractivity contribution in [2.45, 2.75) is 84.2 Å². The van der Waals surface area contributed by atoms with Gasteiger partial charge in [0.1, 0.15) is 11.8 Å². The third-order valence-corrected chi connectivity index (χ3v) is 8.57. The van der Waals surface area contributed by atoms with Gasteiger partial charge in [-0.05, 0) is 69.7 Å². The minimum atomic E-state index is -0.983. The van der Waals surface area contributed by atoms with Crippen LogP contribution in [0.4, 0.5) is 0 Å². The lowest BCUT2D eigenvalue weighted by atomic mass is 9.66. The molecule has 2 aliphatic heterocycles. The number of aliphatic hydroxyl groups is 1. The Morgan fingerprint density at radius 2 is 1.87 bits per heavy atom. The maximum atomic E-state index is 12.7. The predicted molar refractivity (Wildman–Crippen MR) is 153 cm³/mol. The van der Waals surface area contributed by atoms with Gasteiger partial charge in [-0.2, -0.15) is 0 Å². The number of aromatic nitrogens is 1. The van der Waals surface area contributed by atoms with Gasteiger partial charge in [0, 0.05) is 42.9 Å². The zero-order valence-corrected chi connectivity index (χ0v) is 23.3. The summed E-state index contributed by atoms with van der Waals surface area (Å²) in [5.41, 5.74) is 3.37. The highest BCUT2D eigenvalue weighted by Crippen LogP contribution is 2.57. The fraction of sp³-hybridized carbons (Fsp3) is 0.485. The zero-order valence-electron chi connectivity index (χ0n) is 23.3. The normalized spacial score (nSPS) is 25.8. The molecule has 3 aromatic rings. The smallest absolute Gasteiger partial charge is 0.161 e. The van der Waals surface area contributed by atoms with Crippen molar-refractivity contribution >= 4 is 16.7 Å². The highest BCUT2D eigenvalue weighted by molar-refractivity contribution is 5.91. The molecule has 0 radical (unpaired) electrons. The maximum absolute atomic E-state index is 12.7. The Hall–Kier alpha value is -2.89. The second-order valence-electron chi connectivity index (χ2n) is 11.7. The molecule has 0 saturated heterocycles. The van der Waals surface area contributed by atoms with E-state index in [-0.39, 0.29) is 23.4 Å². The van der Waals surface area contributed by atoms with E-state index in [1.807, 2.05) is 43.5 Å². The summed E-state index contributed by atoms with van der Waals surface area (Å²) in [6.45, 7) is 10.1. The van der Waals surface area contributed by atoms with Crippen molar-refractivity contribution in [3.05, 3.63) is 83.7 Å². The third kappa shape index (κ3) is 5.06. The van der Waals surface area contributed by atoms with E-state index in [9.17, 15) is 9.90 Å². The molecular weight excluding hydrogens is 472 g/mol. The molecule has 0 saturated carbocycles. The van der Waals surface area contributed by atoms with Crippen molar-refractivity contribution in [1.29, 1.82) is 0 Å². The Bertz CT molecular complexity index is 1310. The van der Waals surface area contributed by atoms with E-state index in [2.05, 4.69) is 54.5 Å². The highest BCUT2D eigenvalue weighted by Gasteiger charge is 2.52. The van der Waals surface area contributed by atoms with Crippen molar-refractivity contribution in [3.8, 4) is 0 Å². The van der Waals surface area contributed by atoms with Crippen LogP contribution in [0.25, 0.3) is 10.9 Å². The molecule has 38 heavy (non-hydrogen) atoms. The van der Waals surface area contributed by atoms with Crippen LogP contribution in [0, 0.1) is 5.41 Å². The number of carbonyl (C=O) groups excluding carboxylic acids is 1. The molecule has 0 aliphatic carbocycles. The fourth-order valence-electron chi connectivity index (χ4n) is 6.90. The van der Waals surface area contributed by atoms with Crippen molar-refractivity contribution in [2.75, 3.05) is 13.1 Å². The molecule has 202 valence electrons. The first-order valence-electron chi connectivity index (χ1n) is 14.2. The average Bonchev–Trinajstić information content (AvgIpc) is 3.23. The molecule has 0 amide bonds. The van der Waals surface area contributed by atoms with Gasteiger partial charge >= 0.3 is 0 Å². The first-order valence-corrected chi connectivity index (χ1v) is 14.2. The zero-order chi connectivity index (χ0) is 26.9. The lowest BCUT2D eigenvalue weighted by molar-refractivity contribution is -0.165. The minimum absolute atomic E-state index is 0.0651. The van der Waals surface area contributed by atoms with Crippen LogP contribution >= 0.6 is 0 Å². The summed E-state index contributed by atoms with van der Waals surface area (Å²) in [7, 11) is 0.